The van der Waals surface area contributed by atoms with Gasteiger partial charge in [-0.1, -0.05) is 41.1 Å². The fourth-order valence-electron chi connectivity index (χ4n) is 2.32. The quantitative estimate of drug-likeness (QED) is 0.875. The molecular weight excluding hydrogens is 266 g/mol. The lowest BCUT2D eigenvalue weighted by atomic mass is 9.89. The van der Waals surface area contributed by atoms with Crippen LogP contribution in [0, 0.1) is 5.92 Å². The smallest absolute Gasteiger partial charge is 0.0953 e. The molecule has 2 N–H and O–H groups in total. The molecule has 3 atom stereocenters. The molecular formula is C13H18BrNO. The zero-order valence-electron chi connectivity index (χ0n) is 9.49. The van der Waals surface area contributed by atoms with Crippen LogP contribution >= 0.6 is 15.9 Å². The Morgan fingerprint density at radius 2 is 2.19 bits per heavy atom. The Labute approximate surface area is 105 Å². The van der Waals surface area contributed by atoms with E-state index in [0.29, 0.717) is 5.92 Å². The third-order valence-electron chi connectivity index (χ3n) is 3.30. The van der Waals surface area contributed by atoms with Crippen molar-refractivity contribution in [3.8, 4) is 0 Å². The van der Waals surface area contributed by atoms with Crippen molar-refractivity contribution >= 4 is 15.9 Å². The standard InChI is InChI=1S/C13H18BrNO/c1-9-6-7-15-12(8-9)13(16)10-4-2-3-5-11(10)14/h2-5,9,12-13,15-16H,6-8H2,1H3. The fraction of sp³-hybridized carbons (Fsp3) is 0.538. The Hall–Kier alpha value is -0.380. The highest BCUT2D eigenvalue weighted by Gasteiger charge is 2.26. The van der Waals surface area contributed by atoms with E-state index < -0.39 is 6.10 Å². The number of aliphatic hydroxyl groups is 1. The maximum atomic E-state index is 10.4. The molecule has 1 saturated heterocycles. The summed E-state index contributed by atoms with van der Waals surface area (Å²) in [5, 5.41) is 13.8. The van der Waals surface area contributed by atoms with E-state index >= 15 is 0 Å². The fourth-order valence-corrected chi connectivity index (χ4v) is 2.84. The number of hydrogen-bond donors (Lipinski definition) is 2. The van der Waals surface area contributed by atoms with E-state index in [1.165, 1.54) is 6.42 Å². The van der Waals surface area contributed by atoms with Gasteiger partial charge in [-0.15, -0.1) is 0 Å². The van der Waals surface area contributed by atoms with Crippen LogP contribution in [-0.4, -0.2) is 17.7 Å². The van der Waals surface area contributed by atoms with E-state index in [9.17, 15) is 5.11 Å². The summed E-state index contributed by atoms with van der Waals surface area (Å²) in [7, 11) is 0. The van der Waals surface area contributed by atoms with Crippen LogP contribution in [-0.2, 0) is 0 Å². The van der Waals surface area contributed by atoms with E-state index in [4.69, 9.17) is 0 Å². The van der Waals surface area contributed by atoms with Gasteiger partial charge in [-0.3, -0.25) is 0 Å². The number of hydrogen-bond acceptors (Lipinski definition) is 2. The zero-order valence-corrected chi connectivity index (χ0v) is 11.1. The summed E-state index contributed by atoms with van der Waals surface area (Å²) in [6.07, 6.45) is 1.83. The predicted octanol–water partition coefficient (Wildman–Crippen LogP) is 2.87. The largest absolute Gasteiger partial charge is 0.387 e. The van der Waals surface area contributed by atoms with Gasteiger partial charge in [-0.2, -0.15) is 0 Å². The van der Waals surface area contributed by atoms with Crippen molar-refractivity contribution in [1.29, 1.82) is 0 Å². The van der Waals surface area contributed by atoms with Crippen LogP contribution in [0.1, 0.15) is 31.4 Å². The zero-order chi connectivity index (χ0) is 11.5. The maximum absolute atomic E-state index is 10.4. The summed E-state index contributed by atoms with van der Waals surface area (Å²) in [6, 6.07) is 8.08. The van der Waals surface area contributed by atoms with Crippen LogP contribution in [0.4, 0.5) is 0 Å². The third-order valence-corrected chi connectivity index (χ3v) is 4.03. The molecule has 0 radical (unpaired) electrons. The Morgan fingerprint density at radius 1 is 1.44 bits per heavy atom. The highest BCUT2D eigenvalue weighted by molar-refractivity contribution is 9.10. The van der Waals surface area contributed by atoms with Crippen molar-refractivity contribution in [3.63, 3.8) is 0 Å². The Morgan fingerprint density at radius 3 is 2.88 bits per heavy atom. The lowest BCUT2D eigenvalue weighted by Crippen LogP contribution is -2.41. The molecule has 3 unspecified atom stereocenters. The van der Waals surface area contributed by atoms with Crippen LogP contribution in [0.15, 0.2) is 28.7 Å². The van der Waals surface area contributed by atoms with Crippen LogP contribution in [0.5, 0.6) is 0 Å². The maximum Gasteiger partial charge on any atom is 0.0953 e. The summed E-state index contributed by atoms with van der Waals surface area (Å²) in [5.41, 5.74) is 0.981. The van der Waals surface area contributed by atoms with E-state index in [1.807, 2.05) is 24.3 Å². The molecule has 0 aliphatic carbocycles. The van der Waals surface area contributed by atoms with Crippen LogP contribution in [0.2, 0.25) is 0 Å². The van der Waals surface area contributed by atoms with Crippen molar-refractivity contribution in [3.05, 3.63) is 34.3 Å². The molecule has 1 aliphatic heterocycles. The number of aliphatic hydroxyl groups excluding tert-OH is 1. The minimum absolute atomic E-state index is 0.183. The van der Waals surface area contributed by atoms with Gasteiger partial charge in [-0.05, 0) is 36.9 Å². The molecule has 0 saturated carbocycles. The summed E-state index contributed by atoms with van der Waals surface area (Å²) in [4.78, 5) is 0. The highest BCUT2D eigenvalue weighted by Crippen LogP contribution is 2.29. The second kappa shape index (κ2) is 5.30. The van der Waals surface area contributed by atoms with Crippen LogP contribution < -0.4 is 5.32 Å². The molecule has 0 amide bonds. The van der Waals surface area contributed by atoms with Gasteiger partial charge in [0.2, 0.25) is 0 Å². The lowest BCUT2D eigenvalue weighted by Gasteiger charge is -2.32. The molecule has 1 aromatic carbocycles. The lowest BCUT2D eigenvalue weighted by molar-refractivity contribution is 0.101. The molecule has 1 aromatic rings. The van der Waals surface area contributed by atoms with E-state index in [1.54, 1.807) is 0 Å². The van der Waals surface area contributed by atoms with Crippen molar-refractivity contribution in [2.24, 2.45) is 5.92 Å². The van der Waals surface area contributed by atoms with Gasteiger partial charge in [0.25, 0.3) is 0 Å². The monoisotopic (exact) mass is 283 g/mol. The van der Waals surface area contributed by atoms with Gasteiger partial charge in [0.15, 0.2) is 0 Å². The Balaban J connectivity index is 2.12. The van der Waals surface area contributed by atoms with Gasteiger partial charge in [0, 0.05) is 10.5 Å². The van der Waals surface area contributed by atoms with Crippen molar-refractivity contribution in [2.45, 2.75) is 31.9 Å². The summed E-state index contributed by atoms with van der Waals surface area (Å²) in [5.74, 6) is 0.698. The topological polar surface area (TPSA) is 32.3 Å². The minimum atomic E-state index is -0.418. The van der Waals surface area contributed by atoms with E-state index in [0.717, 1.165) is 23.0 Å². The summed E-state index contributed by atoms with van der Waals surface area (Å²) in [6.45, 7) is 3.26. The molecule has 1 heterocycles. The Bertz CT molecular complexity index is 356. The van der Waals surface area contributed by atoms with Crippen LogP contribution in [0.25, 0.3) is 0 Å². The van der Waals surface area contributed by atoms with Crippen LogP contribution in [0.3, 0.4) is 0 Å². The van der Waals surface area contributed by atoms with Gasteiger partial charge < -0.3 is 10.4 Å². The summed E-state index contributed by atoms with van der Waals surface area (Å²) >= 11 is 3.49. The SMILES string of the molecule is CC1CCNC(C(O)c2ccccc2Br)C1. The number of nitrogens with one attached hydrogen (secondary N) is 1. The first-order valence-corrected chi connectivity index (χ1v) is 6.63. The first-order valence-electron chi connectivity index (χ1n) is 5.84. The van der Waals surface area contributed by atoms with E-state index in [2.05, 4.69) is 28.2 Å². The minimum Gasteiger partial charge on any atom is -0.387 e. The first kappa shape index (κ1) is 12.1. The second-order valence-corrected chi connectivity index (χ2v) is 5.51. The van der Waals surface area contributed by atoms with Crippen molar-refractivity contribution in [2.75, 3.05) is 6.54 Å². The molecule has 88 valence electrons. The molecule has 1 aliphatic rings. The van der Waals surface area contributed by atoms with E-state index in [-0.39, 0.29) is 6.04 Å². The molecule has 0 aromatic heterocycles. The molecule has 0 bridgehead atoms. The van der Waals surface area contributed by atoms with Gasteiger partial charge in [0.05, 0.1) is 6.10 Å². The predicted molar refractivity (Wildman–Crippen MR) is 69.3 cm³/mol. The number of halogens is 1. The van der Waals surface area contributed by atoms with Crippen molar-refractivity contribution < 1.29 is 5.11 Å². The highest BCUT2D eigenvalue weighted by atomic mass is 79.9. The summed E-state index contributed by atoms with van der Waals surface area (Å²) < 4.78 is 0.988. The molecule has 3 heteroatoms. The number of rotatable bonds is 2. The Kier molecular flexibility index (Phi) is 4.00. The third kappa shape index (κ3) is 2.65. The number of piperidine rings is 1. The normalized spacial score (nSPS) is 27.7. The molecule has 16 heavy (non-hydrogen) atoms. The molecule has 2 nitrogen and oxygen atoms in total. The molecule has 1 fully saturated rings. The average Bonchev–Trinajstić information content (AvgIpc) is 2.29. The molecule has 2 rings (SSSR count). The number of benzene rings is 1. The second-order valence-electron chi connectivity index (χ2n) is 4.66. The van der Waals surface area contributed by atoms with Gasteiger partial charge in [0.1, 0.15) is 0 Å². The van der Waals surface area contributed by atoms with Gasteiger partial charge >= 0.3 is 0 Å². The first-order chi connectivity index (χ1) is 7.68. The molecule has 0 spiro atoms. The van der Waals surface area contributed by atoms with Crippen molar-refractivity contribution in [1.82, 2.24) is 5.32 Å². The average molecular weight is 284 g/mol. The van der Waals surface area contributed by atoms with Gasteiger partial charge in [-0.25, -0.2) is 0 Å².